The molecule has 4 aromatic carbocycles. The normalized spacial score (nSPS) is 10.8. The molecular formula is C27H23BrFO2P. The Hall–Kier alpha value is -2.81. The molecule has 0 aliphatic rings. The fraction of sp³-hybridized carbons (Fsp3) is 0.0741. The second-order valence-corrected chi connectivity index (χ2v) is 10.8. The minimum Gasteiger partial charge on any atom is -1.00 e. The van der Waals surface area contributed by atoms with Crippen LogP contribution in [-0.4, -0.2) is 13.1 Å². The van der Waals surface area contributed by atoms with E-state index in [1.54, 1.807) is 12.1 Å². The molecule has 0 N–H and O–H groups in total. The molecule has 0 saturated heterocycles. The van der Waals surface area contributed by atoms with Crippen LogP contribution < -0.4 is 32.9 Å². The third kappa shape index (κ3) is 4.67. The van der Waals surface area contributed by atoms with Crippen molar-refractivity contribution in [3.05, 3.63) is 126 Å². The minimum absolute atomic E-state index is 0. The summed E-state index contributed by atoms with van der Waals surface area (Å²) in [6, 6.07) is 35.6. The number of hydrogen-bond donors (Lipinski definition) is 0. The highest BCUT2D eigenvalue weighted by Crippen LogP contribution is 2.58. The Morgan fingerprint density at radius 3 is 1.56 bits per heavy atom. The molecule has 0 unspecified atom stereocenters. The number of hydrogen-bond acceptors (Lipinski definition) is 2. The fourth-order valence-electron chi connectivity index (χ4n) is 3.94. The molecule has 0 atom stereocenters. The van der Waals surface area contributed by atoms with Crippen molar-refractivity contribution in [3.8, 4) is 0 Å². The summed E-state index contributed by atoms with van der Waals surface area (Å²) in [7, 11) is -0.908. The van der Waals surface area contributed by atoms with E-state index < -0.39 is 19.0 Å². The molecule has 0 aromatic heterocycles. The summed E-state index contributed by atoms with van der Waals surface area (Å²) in [6.07, 6.45) is 0.512. The number of ether oxygens (including phenoxy) is 1. The van der Waals surface area contributed by atoms with Crippen LogP contribution in [0.4, 0.5) is 4.39 Å². The van der Waals surface area contributed by atoms with Gasteiger partial charge in [-0.3, -0.25) is 0 Å². The quantitative estimate of drug-likeness (QED) is 0.294. The van der Waals surface area contributed by atoms with Gasteiger partial charge in [0.1, 0.15) is 35.2 Å². The third-order valence-electron chi connectivity index (χ3n) is 5.47. The van der Waals surface area contributed by atoms with Crippen molar-refractivity contribution >= 4 is 29.1 Å². The summed E-state index contributed by atoms with van der Waals surface area (Å²) in [4.78, 5) is 11.8. The Morgan fingerprint density at radius 2 is 1.19 bits per heavy atom. The summed E-state index contributed by atoms with van der Waals surface area (Å²) >= 11 is 0. The van der Waals surface area contributed by atoms with Crippen molar-refractivity contribution in [2.24, 2.45) is 0 Å². The fourth-order valence-corrected chi connectivity index (χ4v) is 8.20. The number of carbonyl (C=O) groups is 1. The molecule has 0 fully saturated rings. The number of carbonyl (C=O) groups excluding carboxylic acids is 1. The second-order valence-electron chi connectivity index (χ2n) is 7.27. The molecule has 0 saturated carbocycles. The first kappa shape index (κ1) is 23.8. The van der Waals surface area contributed by atoms with Crippen LogP contribution in [0.3, 0.4) is 0 Å². The van der Waals surface area contributed by atoms with Gasteiger partial charge in [0.15, 0.2) is 0 Å². The van der Waals surface area contributed by atoms with Crippen molar-refractivity contribution < 1.29 is 30.9 Å². The van der Waals surface area contributed by atoms with E-state index in [9.17, 15) is 4.79 Å². The summed E-state index contributed by atoms with van der Waals surface area (Å²) in [5.41, 5.74) is 0.796. The highest BCUT2D eigenvalue weighted by molar-refractivity contribution is 7.95. The van der Waals surface area contributed by atoms with E-state index in [1.165, 1.54) is 29.1 Å². The molecule has 5 heteroatoms. The zero-order valence-electron chi connectivity index (χ0n) is 17.6. The Labute approximate surface area is 199 Å². The highest BCUT2D eigenvalue weighted by Gasteiger charge is 2.45. The second kappa shape index (κ2) is 10.7. The van der Waals surface area contributed by atoms with Gasteiger partial charge < -0.3 is 21.7 Å². The molecule has 0 spiro atoms. The van der Waals surface area contributed by atoms with E-state index in [4.69, 9.17) is 4.74 Å². The monoisotopic (exact) mass is 508 g/mol. The topological polar surface area (TPSA) is 26.3 Å². The van der Waals surface area contributed by atoms with Crippen LogP contribution in [0.25, 0.3) is 0 Å². The Balaban J connectivity index is 0.00000289. The van der Waals surface area contributed by atoms with E-state index in [1.807, 2.05) is 54.6 Å². The number of esters is 1. The SMILES string of the molecule is COC(=O)c1ccc(C[P+](c2ccccc2)(c2ccccc2)c2ccccc2)c(F)c1.[Br-]. The lowest BCUT2D eigenvalue weighted by Gasteiger charge is -2.28. The van der Waals surface area contributed by atoms with Crippen molar-refractivity contribution in [3.63, 3.8) is 0 Å². The van der Waals surface area contributed by atoms with Crippen LogP contribution in [-0.2, 0) is 10.9 Å². The highest BCUT2D eigenvalue weighted by atomic mass is 79.9. The van der Waals surface area contributed by atoms with Gasteiger partial charge in [-0.1, -0.05) is 60.7 Å². The van der Waals surface area contributed by atoms with Gasteiger partial charge in [-0.05, 0) is 48.5 Å². The van der Waals surface area contributed by atoms with Crippen LogP contribution in [0, 0.1) is 5.82 Å². The van der Waals surface area contributed by atoms with Crippen LogP contribution in [0.5, 0.6) is 0 Å². The van der Waals surface area contributed by atoms with Gasteiger partial charge in [-0.25, -0.2) is 9.18 Å². The van der Waals surface area contributed by atoms with Crippen molar-refractivity contribution in [2.45, 2.75) is 6.16 Å². The third-order valence-corrected chi connectivity index (χ3v) is 9.83. The van der Waals surface area contributed by atoms with Crippen molar-refractivity contribution in [1.29, 1.82) is 0 Å². The lowest BCUT2D eigenvalue weighted by Crippen LogP contribution is -3.00. The molecule has 4 aromatic rings. The van der Waals surface area contributed by atoms with E-state index in [0.717, 1.165) is 0 Å². The summed E-state index contributed by atoms with van der Waals surface area (Å²) in [6.45, 7) is 0. The van der Waals surface area contributed by atoms with Crippen molar-refractivity contribution in [2.75, 3.05) is 7.11 Å². The molecule has 162 valence electrons. The molecule has 0 bridgehead atoms. The van der Waals surface area contributed by atoms with Gasteiger partial charge in [-0.2, -0.15) is 0 Å². The lowest BCUT2D eigenvalue weighted by atomic mass is 10.1. The number of rotatable bonds is 6. The first-order chi connectivity index (χ1) is 15.1. The molecule has 0 aliphatic carbocycles. The van der Waals surface area contributed by atoms with Gasteiger partial charge >= 0.3 is 5.97 Å². The summed E-state index contributed by atoms with van der Waals surface area (Å²) < 4.78 is 20.0. The van der Waals surface area contributed by atoms with E-state index >= 15 is 4.39 Å². The smallest absolute Gasteiger partial charge is 0.337 e. The van der Waals surface area contributed by atoms with E-state index in [-0.39, 0.29) is 22.5 Å². The minimum atomic E-state index is -2.20. The molecule has 0 aliphatic heterocycles. The van der Waals surface area contributed by atoms with Crippen LogP contribution in [0.2, 0.25) is 0 Å². The maximum absolute atomic E-state index is 15.2. The van der Waals surface area contributed by atoms with Gasteiger partial charge in [0, 0.05) is 5.56 Å². The van der Waals surface area contributed by atoms with Gasteiger partial charge in [0.2, 0.25) is 0 Å². The van der Waals surface area contributed by atoms with Gasteiger partial charge in [0.25, 0.3) is 0 Å². The standard InChI is InChI=1S/C27H23FO2P.BrH/c1-30-27(29)21-17-18-22(26(28)19-21)20-31(23-11-5-2-6-12-23,24-13-7-3-8-14-24)25-15-9-4-10-16-25;/h2-19H,20H2,1H3;1H/q+1;/p-1. The summed E-state index contributed by atoms with van der Waals surface area (Å²) in [5, 5.41) is 3.55. The first-order valence-corrected chi connectivity index (χ1v) is 12.0. The summed E-state index contributed by atoms with van der Waals surface area (Å²) in [5.74, 6) is -0.934. The average Bonchev–Trinajstić information content (AvgIpc) is 2.84. The predicted octanol–water partition coefficient (Wildman–Crippen LogP) is 2.11. The van der Waals surface area contributed by atoms with E-state index in [0.29, 0.717) is 11.7 Å². The van der Waals surface area contributed by atoms with Crippen LogP contribution >= 0.6 is 7.26 Å². The van der Waals surface area contributed by atoms with Gasteiger partial charge in [-0.15, -0.1) is 0 Å². The lowest BCUT2D eigenvalue weighted by molar-refractivity contribution is -0.0000210. The molecule has 0 heterocycles. The molecular weight excluding hydrogens is 486 g/mol. The molecule has 2 nitrogen and oxygen atoms in total. The molecule has 4 rings (SSSR count). The Kier molecular flexibility index (Phi) is 7.95. The largest absolute Gasteiger partial charge is 1.00 e. The maximum atomic E-state index is 15.2. The van der Waals surface area contributed by atoms with E-state index in [2.05, 4.69) is 36.4 Å². The maximum Gasteiger partial charge on any atom is 0.337 e. The predicted molar refractivity (Wildman–Crippen MR) is 127 cm³/mol. The zero-order valence-corrected chi connectivity index (χ0v) is 20.1. The zero-order chi connectivity index (χ0) is 21.7. The number of halogens is 2. The van der Waals surface area contributed by atoms with Crippen LogP contribution in [0.1, 0.15) is 15.9 Å². The average molecular weight is 509 g/mol. The Bertz CT molecular complexity index is 1070. The van der Waals surface area contributed by atoms with Crippen molar-refractivity contribution in [1.82, 2.24) is 0 Å². The number of methoxy groups -OCH3 is 1. The van der Waals surface area contributed by atoms with Gasteiger partial charge in [0.05, 0.1) is 12.7 Å². The molecule has 0 amide bonds. The first-order valence-electron chi connectivity index (χ1n) is 10.1. The Morgan fingerprint density at radius 1 is 0.750 bits per heavy atom. The molecule has 32 heavy (non-hydrogen) atoms. The number of benzene rings is 4. The molecule has 0 radical (unpaired) electrons. The van der Waals surface area contributed by atoms with Crippen LogP contribution in [0.15, 0.2) is 109 Å².